The second-order valence-electron chi connectivity index (χ2n) is 6.78. The van der Waals surface area contributed by atoms with Gasteiger partial charge < -0.3 is 24.7 Å². The molecule has 0 aliphatic carbocycles. The molecular weight excluding hydrogens is 366 g/mol. The van der Waals surface area contributed by atoms with E-state index in [0.717, 1.165) is 49.0 Å². The van der Waals surface area contributed by atoms with Gasteiger partial charge in [0.25, 0.3) is 0 Å². The number of ether oxygens (including phenoxy) is 2. The van der Waals surface area contributed by atoms with E-state index in [0.29, 0.717) is 32.9 Å². The average Bonchev–Trinajstić information content (AvgIpc) is 3.21. The molecule has 0 aliphatic heterocycles. The van der Waals surface area contributed by atoms with Crippen LogP contribution in [0.15, 0.2) is 41.5 Å². The zero-order chi connectivity index (χ0) is 20.7. The van der Waals surface area contributed by atoms with Crippen LogP contribution in [0.4, 0.5) is 0 Å². The van der Waals surface area contributed by atoms with Crippen molar-refractivity contribution in [2.75, 3.05) is 46.6 Å². The van der Waals surface area contributed by atoms with Gasteiger partial charge >= 0.3 is 0 Å². The second kappa shape index (κ2) is 13.7. The molecule has 0 unspecified atom stereocenters. The lowest BCUT2D eigenvalue weighted by atomic mass is 10.2. The number of guanidine groups is 1. The number of unbranched alkanes of at least 4 members (excludes halogenated alkanes) is 1. The quantitative estimate of drug-likeness (QED) is 0.306. The molecular formula is C22H35N5O2. The van der Waals surface area contributed by atoms with Crippen molar-refractivity contribution in [3.8, 4) is 11.3 Å². The summed E-state index contributed by atoms with van der Waals surface area (Å²) in [5.41, 5.74) is 2.15. The van der Waals surface area contributed by atoms with Crippen LogP contribution in [0.5, 0.6) is 0 Å². The van der Waals surface area contributed by atoms with Crippen LogP contribution in [-0.2, 0) is 16.0 Å². The second-order valence-corrected chi connectivity index (χ2v) is 6.78. The molecule has 160 valence electrons. The van der Waals surface area contributed by atoms with Gasteiger partial charge in [-0.2, -0.15) is 0 Å². The number of benzene rings is 1. The van der Waals surface area contributed by atoms with Gasteiger partial charge in [0.15, 0.2) is 5.96 Å². The van der Waals surface area contributed by atoms with Crippen LogP contribution in [0.25, 0.3) is 11.3 Å². The molecule has 1 heterocycles. The Balaban J connectivity index is 1.77. The Kier molecular flexibility index (Phi) is 10.9. The molecule has 29 heavy (non-hydrogen) atoms. The lowest BCUT2D eigenvalue weighted by Gasteiger charge is -2.21. The van der Waals surface area contributed by atoms with E-state index in [9.17, 15) is 0 Å². The first kappa shape index (κ1) is 22.9. The number of nitrogens with one attached hydrogen (secondary N) is 2. The largest absolute Gasteiger partial charge is 0.379 e. The molecule has 2 rings (SSSR count). The molecule has 0 spiro atoms. The minimum atomic E-state index is 0.582. The standard InChI is InChI=1S/C22H35N5O2/c1-4-6-13-28-15-16-29-14-12-24-22(23-5-2)27(3)18-21-25-17-20(26-21)19-10-8-7-9-11-19/h7-11,17H,4-6,12-16,18H2,1-3H3,(H,23,24)(H,25,26). The summed E-state index contributed by atoms with van der Waals surface area (Å²) in [6, 6.07) is 10.2. The van der Waals surface area contributed by atoms with Gasteiger partial charge in [-0.1, -0.05) is 43.7 Å². The van der Waals surface area contributed by atoms with Crippen molar-refractivity contribution in [1.82, 2.24) is 20.2 Å². The van der Waals surface area contributed by atoms with Gasteiger partial charge in [0.1, 0.15) is 5.82 Å². The van der Waals surface area contributed by atoms with E-state index >= 15 is 0 Å². The maximum atomic E-state index is 5.60. The maximum absolute atomic E-state index is 5.60. The molecule has 7 heteroatoms. The van der Waals surface area contributed by atoms with E-state index in [1.54, 1.807) is 0 Å². The summed E-state index contributed by atoms with van der Waals surface area (Å²) >= 11 is 0. The van der Waals surface area contributed by atoms with Crippen molar-refractivity contribution in [3.63, 3.8) is 0 Å². The first-order valence-corrected chi connectivity index (χ1v) is 10.5. The van der Waals surface area contributed by atoms with Gasteiger partial charge in [-0.3, -0.25) is 4.99 Å². The minimum Gasteiger partial charge on any atom is -0.379 e. The number of rotatable bonds is 13. The first-order chi connectivity index (χ1) is 14.2. The average molecular weight is 402 g/mol. The lowest BCUT2D eigenvalue weighted by Crippen LogP contribution is -2.39. The Morgan fingerprint density at radius 2 is 1.86 bits per heavy atom. The molecule has 0 saturated heterocycles. The Bertz CT molecular complexity index is 702. The van der Waals surface area contributed by atoms with Crippen molar-refractivity contribution in [1.29, 1.82) is 0 Å². The molecule has 1 aromatic heterocycles. The maximum Gasteiger partial charge on any atom is 0.194 e. The van der Waals surface area contributed by atoms with Crippen LogP contribution in [0.1, 0.15) is 32.5 Å². The van der Waals surface area contributed by atoms with Gasteiger partial charge in [-0.05, 0) is 18.9 Å². The molecule has 2 N–H and O–H groups in total. The van der Waals surface area contributed by atoms with Crippen molar-refractivity contribution >= 4 is 5.96 Å². The van der Waals surface area contributed by atoms with Gasteiger partial charge in [-0.15, -0.1) is 0 Å². The third kappa shape index (κ3) is 8.66. The van der Waals surface area contributed by atoms with E-state index in [2.05, 4.69) is 51.2 Å². The van der Waals surface area contributed by atoms with Crippen LogP contribution < -0.4 is 5.32 Å². The smallest absolute Gasteiger partial charge is 0.194 e. The Morgan fingerprint density at radius 1 is 1.10 bits per heavy atom. The molecule has 1 aromatic carbocycles. The third-order valence-electron chi connectivity index (χ3n) is 4.31. The van der Waals surface area contributed by atoms with Crippen LogP contribution >= 0.6 is 0 Å². The molecule has 0 amide bonds. The highest BCUT2D eigenvalue weighted by Crippen LogP contribution is 2.16. The number of hydrogen-bond donors (Lipinski definition) is 2. The predicted octanol–water partition coefficient (Wildman–Crippen LogP) is 3.31. The monoisotopic (exact) mass is 401 g/mol. The van der Waals surface area contributed by atoms with Crippen molar-refractivity contribution in [3.05, 3.63) is 42.4 Å². The van der Waals surface area contributed by atoms with Crippen molar-refractivity contribution in [2.24, 2.45) is 4.99 Å². The summed E-state index contributed by atoms with van der Waals surface area (Å²) in [6.07, 6.45) is 4.13. The van der Waals surface area contributed by atoms with Gasteiger partial charge in [0, 0.05) is 20.2 Å². The Morgan fingerprint density at radius 3 is 2.59 bits per heavy atom. The Labute approximate surface area is 174 Å². The number of H-pyrrole nitrogens is 1. The molecule has 0 atom stereocenters. The highest BCUT2D eigenvalue weighted by molar-refractivity contribution is 5.79. The summed E-state index contributed by atoms with van der Waals surface area (Å²) in [6.45, 7) is 8.93. The zero-order valence-corrected chi connectivity index (χ0v) is 18.0. The summed E-state index contributed by atoms with van der Waals surface area (Å²) in [7, 11) is 2.01. The normalized spacial score (nSPS) is 11.6. The zero-order valence-electron chi connectivity index (χ0n) is 18.0. The molecule has 0 bridgehead atoms. The lowest BCUT2D eigenvalue weighted by molar-refractivity contribution is 0.0497. The number of aliphatic imine (C=N–C) groups is 1. The number of aromatic amines is 1. The fourth-order valence-electron chi connectivity index (χ4n) is 2.76. The van der Waals surface area contributed by atoms with Crippen molar-refractivity contribution < 1.29 is 9.47 Å². The molecule has 2 aromatic rings. The molecule has 0 aliphatic rings. The number of nitrogens with zero attached hydrogens (tertiary/aromatic N) is 3. The number of aromatic nitrogens is 2. The summed E-state index contributed by atoms with van der Waals surface area (Å²) in [4.78, 5) is 14.6. The molecule has 7 nitrogen and oxygen atoms in total. The van der Waals surface area contributed by atoms with E-state index in [4.69, 9.17) is 9.47 Å². The minimum absolute atomic E-state index is 0.582. The van der Waals surface area contributed by atoms with Gasteiger partial charge in [-0.25, -0.2) is 4.98 Å². The highest BCUT2D eigenvalue weighted by atomic mass is 16.5. The molecule has 0 saturated carbocycles. The van der Waals surface area contributed by atoms with Crippen LogP contribution in [0.3, 0.4) is 0 Å². The predicted molar refractivity (Wildman–Crippen MR) is 118 cm³/mol. The Hall–Kier alpha value is -2.38. The summed E-state index contributed by atoms with van der Waals surface area (Å²) in [5, 5.41) is 3.32. The van der Waals surface area contributed by atoms with Crippen LogP contribution in [-0.4, -0.2) is 67.4 Å². The van der Waals surface area contributed by atoms with E-state index in [1.165, 1.54) is 0 Å². The van der Waals surface area contributed by atoms with Crippen molar-refractivity contribution in [2.45, 2.75) is 33.2 Å². The topological polar surface area (TPSA) is 74.8 Å². The van der Waals surface area contributed by atoms with E-state index in [1.807, 2.05) is 31.4 Å². The van der Waals surface area contributed by atoms with Crippen LogP contribution in [0, 0.1) is 0 Å². The SMILES string of the molecule is CCCCOCCOCCN=C(NCC)N(C)Cc1ncc(-c2ccccc2)[nH]1. The summed E-state index contributed by atoms with van der Waals surface area (Å²) < 4.78 is 11.1. The molecule has 0 fully saturated rings. The fourth-order valence-corrected chi connectivity index (χ4v) is 2.76. The van der Waals surface area contributed by atoms with E-state index in [-0.39, 0.29) is 0 Å². The first-order valence-electron chi connectivity index (χ1n) is 10.5. The highest BCUT2D eigenvalue weighted by Gasteiger charge is 2.09. The summed E-state index contributed by atoms with van der Waals surface area (Å²) in [5.74, 6) is 1.74. The molecule has 0 radical (unpaired) electrons. The van der Waals surface area contributed by atoms with Gasteiger partial charge in [0.2, 0.25) is 0 Å². The number of imidazole rings is 1. The third-order valence-corrected chi connectivity index (χ3v) is 4.31. The van der Waals surface area contributed by atoms with Gasteiger partial charge in [0.05, 0.1) is 44.8 Å². The number of hydrogen-bond acceptors (Lipinski definition) is 4. The van der Waals surface area contributed by atoms with E-state index < -0.39 is 0 Å². The fraction of sp³-hybridized carbons (Fsp3) is 0.545. The van der Waals surface area contributed by atoms with Crippen LogP contribution in [0.2, 0.25) is 0 Å².